The van der Waals surface area contributed by atoms with E-state index in [1.165, 1.54) is 6.07 Å². The highest BCUT2D eigenvalue weighted by atomic mass is 16.4. The zero-order valence-corrected chi connectivity index (χ0v) is 11.4. The molecule has 106 valence electrons. The van der Waals surface area contributed by atoms with Crippen LogP contribution in [-0.4, -0.2) is 16.2 Å². The zero-order valence-electron chi connectivity index (χ0n) is 11.4. The van der Waals surface area contributed by atoms with Gasteiger partial charge >= 0.3 is 5.97 Å². The lowest BCUT2D eigenvalue weighted by Gasteiger charge is -2.17. The Morgan fingerprint density at radius 1 is 1.24 bits per heavy atom. The summed E-state index contributed by atoms with van der Waals surface area (Å²) in [4.78, 5) is 11.5. The molecule has 0 heterocycles. The summed E-state index contributed by atoms with van der Waals surface area (Å²) < 4.78 is 0. The zero-order chi connectivity index (χ0) is 15.4. The lowest BCUT2D eigenvalue weighted by atomic mass is 10.0. The molecule has 0 aliphatic carbocycles. The summed E-state index contributed by atoms with van der Waals surface area (Å²) in [5, 5.41) is 30.6. The van der Waals surface area contributed by atoms with Crippen LogP contribution in [0, 0.1) is 18.3 Å². The van der Waals surface area contributed by atoms with Crippen molar-refractivity contribution in [2.24, 2.45) is 0 Å². The average molecular weight is 282 g/mol. The van der Waals surface area contributed by atoms with Gasteiger partial charge in [-0.05, 0) is 54.4 Å². The molecule has 0 radical (unpaired) electrons. The van der Waals surface area contributed by atoms with Crippen LogP contribution in [0.25, 0.3) is 0 Å². The van der Waals surface area contributed by atoms with E-state index in [1.807, 2.05) is 6.07 Å². The number of nitriles is 1. The second kappa shape index (κ2) is 5.97. The van der Waals surface area contributed by atoms with Crippen molar-refractivity contribution in [1.29, 1.82) is 5.26 Å². The van der Waals surface area contributed by atoms with Crippen LogP contribution in [0.15, 0.2) is 42.5 Å². The predicted molar refractivity (Wildman–Crippen MR) is 78.0 cm³/mol. The van der Waals surface area contributed by atoms with Gasteiger partial charge in [-0.25, -0.2) is 4.79 Å². The van der Waals surface area contributed by atoms with Gasteiger partial charge in [0.25, 0.3) is 0 Å². The minimum Gasteiger partial charge on any atom is -0.508 e. The number of anilines is 1. The number of aromatic hydroxyl groups is 1. The Hall–Kier alpha value is -3.00. The normalized spacial score (nSPS) is 11.4. The molecule has 0 saturated heterocycles. The van der Waals surface area contributed by atoms with Crippen molar-refractivity contribution in [1.82, 2.24) is 0 Å². The highest BCUT2D eigenvalue weighted by Gasteiger charge is 2.20. The van der Waals surface area contributed by atoms with Crippen LogP contribution in [0.3, 0.4) is 0 Å². The van der Waals surface area contributed by atoms with Crippen molar-refractivity contribution in [3.05, 3.63) is 59.2 Å². The molecular formula is C16H14N2O3. The van der Waals surface area contributed by atoms with E-state index < -0.39 is 12.0 Å². The Balaban J connectivity index is 2.30. The number of aliphatic carboxylic acids is 1. The van der Waals surface area contributed by atoms with Crippen LogP contribution in [0.1, 0.15) is 22.7 Å². The molecule has 5 heteroatoms. The van der Waals surface area contributed by atoms with Crippen LogP contribution in [0.2, 0.25) is 0 Å². The number of carbonyl (C=O) groups is 1. The number of rotatable bonds is 4. The van der Waals surface area contributed by atoms with Crippen LogP contribution in [-0.2, 0) is 4.79 Å². The summed E-state index contributed by atoms with van der Waals surface area (Å²) in [5.74, 6) is -1.03. The number of hydrogen-bond acceptors (Lipinski definition) is 4. The molecule has 1 unspecified atom stereocenters. The molecule has 21 heavy (non-hydrogen) atoms. The number of nitrogens with zero attached hydrogens (tertiary/aromatic N) is 1. The Labute approximate surface area is 122 Å². The maximum absolute atomic E-state index is 11.5. The quantitative estimate of drug-likeness (QED) is 0.801. The molecule has 0 amide bonds. The SMILES string of the molecule is Cc1cc(O)cc(C(Nc2ccc(C#N)cc2)C(=O)O)c1. The van der Waals surface area contributed by atoms with Gasteiger partial charge in [-0.2, -0.15) is 5.26 Å². The molecule has 0 aliphatic rings. The first kappa shape index (κ1) is 14.4. The first-order valence-electron chi connectivity index (χ1n) is 6.29. The topological polar surface area (TPSA) is 93.4 Å². The number of carboxylic acids is 1. The van der Waals surface area contributed by atoms with E-state index in [1.54, 1.807) is 43.3 Å². The van der Waals surface area contributed by atoms with E-state index in [-0.39, 0.29) is 5.75 Å². The third kappa shape index (κ3) is 3.51. The smallest absolute Gasteiger partial charge is 0.330 e. The number of benzene rings is 2. The third-order valence-electron chi connectivity index (χ3n) is 2.99. The number of carboxylic acid groups (broad SMARTS) is 1. The molecular weight excluding hydrogens is 268 g/mol. The molecule has 0 spiro atoms. The Morgan fingerprint density at radius 3 is 2.43 bits per heavy atom. The van der Waals surface area contributed by atoms with Gasteiger partial charge < -0.3 is 15.5 Å². The number of phenolic OH excluding ortho intramolecular Hbond substituents is 1. The van der Waals surface area contributed by atoms with Gasteiger partial charge in [0.05, 0.1) is 11.6 Å². The summed E-state index contributed by atoms with van der Waals surface area (Å²) in [6, 6.07) is 12.2. The molecule has 2 aromatic rings. The summed E-state index contributed by atoms with van der Waals surface area (Å²) >= 11 is 0. The average Bonchev–Trinajstić information content (AvgIpc) is 2.44. The minimum absolute atomic E-state index is 0.0258. The second-order valence-corrected chi connectivity index (χ2v) is 4.71. The predicted octanol–water partition coefficient (Wildman–Crippen LogP) is 2.81. The van der Waals surface area contributed by atoms with Crippen molar-refractivity contribution < 1.29 is 15.0 Å². The van der Waals surface area contributed by atoms with E-state index in [0.29, 0.717) is 16.8 Å². The summed E-state index contributed by atoms with van der Waals surface area (Å²) in [7, 11) is 0. The maximum atomic E-state index is 11.5. The lowest BCUT2D eigenvalue weighted by molar-refractivity contribution is -0.138. The van der Waals surface area contributed by atoms with Gasteiger partial charge in [0.15, 0.2) is 6.04 Å². The second-order valence-electron chi connectivity index (χ2n) is 4.71. The minimum atomic E-state index is -1.05. The highest BCUT2D eigenvalue weighted by molar-refractivity contribution is 5.79. The first-order valence-corrected chi connectivity index (χ1v) is 6.29. The van der Waals surface area contributed by atoms with Gasteiger partial charge in [0.1, 0.15) is 5.75 Å². The Morgan fingerprint density at radius 2 is 1.90 bits per heavy atom. The molecule has 0 bridgehead atoms. The monoisotopic (exact) mass is 282 g/mol. The van der Waals surface area contributed by atoms with Gasteiger partial charge in [-0.3, -0.25) is 0 Å². The van der Waals surface area contributed by atoms with E-state index in [4.69, 9.17) is 5.26 Å². The van der Waals surface area contributed by atoms with Gasteiger partial charge in [-0.1, -0.05) is 6.07 Å². The largest absolute Gasteiger partial charge is 0.508 e. The molecule has 5 nitrogen and oxygen atoms in total. The molecule has 0 aliphatic heterocycles. The number of aryl methyl sites for hydroxylation is 1. The molecule has 2 rings (SSSR count). The van der Waals surface area contributed by atoms with E-state index in [2.05, 4.69) is 5.32 Å². The van der Waals surface area contributed by atoms with Crippen molar-refractivity contribution >= 4 is 11.7 Å². The third-order valence-corrected chi connectivity index (χ3v) is 2.99. The lowest BCUT2D eigenvalue weighted by Crippen LogP contribution is -2.20. The molecule has 0 saturated carbocycles. The van der Waals surface area contributed by atoms with Crippen LogP contribution < -0.4 is 5.32 Å². The summed E-state index contributed by atoms with van der Waals surface area (Å²) in [6.07, 6.45) is 0. The van der Waals surface area contributed by atoms with Crippen molar-refractivity contribution in [3.8, 4) is 11.8 Å². The van der Waals surface area contributed by atoms with Crippen LogP contribution in [0.5, 0.6) is 5.75 Å². The molecule has 1 atom stereocenters. The Bertz CT molecular complexity index is 682. The first-order chi connectivity index (χ1) is 9.99. The van der Waals surface area contributed by atoms with Gasteiger partial charge in [0, 0.05) is 5.69 Å². The Kier molecular flexibility index (Phi) is 4.10. The fraction of sp³-hybridized carbons (Fsp3) is 0.125. The number of phenols is 1. The van der Waals surface area contributed by atoms with E-state index in [9.17, 15) is 15.0 Å². The highest BCUT2D eigenvalue weighted by Crippen LogP contribution is 2.25. The number of nitrogens with one attached hydrogen (secondary N) is 1. The maximum Gasteiger partial charge on any atom is 0.330 e. The van der Waals surface area contributed by atoms with Crippen LogP contribution >= 0.6 is 0 Å². The molecule has 3 N–H and O–H groups in total. The van der Waals surface area contributed by atoms with Crippen molar-refractivity contribution in [2.45, 2.75) is 13.0 Å². The van der Waals surface area contributed by atoms with Gasteiger partial charge in [-0.15, -0.1) is 0 Å². The molecule has 2 aromatic carbocycles. The van der Waals surface area contributed by atoms with E-state index >= 15 is 0 Å². The van der Waals surface area contributed by atoms with E-state index in [0.717, 1.165) is 5.56 Å². The molecule has 0 aromatic heterocycles. The van der Waals surface area contributed by atoms with Crippen molar-refractivity contribution in [2.75, 3.05) is 5.32 Å². The molecule has 0 fully saturated rings. The fourth-order valence-electron chi connectivity index (χ4n) is 2.05. The summed E-state index contributed by atoms with van der Waals surface area (Å²) in [5.41, 5.74) is 2.32. The van der Waals surface area contributed by atoms with Crippen LogP contribution in [0.4, 0.5) is 5.69 Å². The fourth-order valence-corrected chi connectivity index (χ4v) is 2.05. The summed E-state index contributed by atoms with van der Waals surface area (Å²) in [6.45, 7) is 1.78. The van der Waals surface area contributed by atoms with Gasteiger partial charge in [0.2, 0.25) is 0 Å². The standard InChI is InChI=1S/C16H14N2O3/c1-10-6-12(8-14(19)7-10)15(16(20)21)18-13-4-2-11(9-17)3-5-13/h2-8,15,18-19H,1H3,(H,20,21). The number of hydrogen-bond donors (Lipinski definition) is 3. The van der Waals surface area contributed by atoms with Crippen molar-refractivity contribution in [3.63, 3.8) is 0 Å².